The smallest absolute Gasteiger partial charge is 0.387 e. The van der Waals surface area contributed by atoms with Crippen LogP contribution in [-0.2, 0) is 11.2 Å². The summed E-state index contributed by atoms with van der Waals surface area (Å²) in [4.78, 5) is 11.1. The predicted molar refractivity (Wildman–Crippen MR) is 65.2 cm³/mol. The Bertz CT molecular complexity index is 385. The molecule has 0 bridgehead atoms. The second kappa shape index (κ2) is 6.34. The molecule has 0 aliphatic rings. The minimum absolute atomic E-state index is 0.00245. The number of ketones is 1. The molecule has 2 nitrogen and oxygen atoms in total. The van der Waals surface area contributed by atoms with E-state index in [4.69, 9.17) is 11.6 Å². The van der Waals surface area contributed by atoms with Crippen molar-refractivity contribution in [3.05, 3.63) is 27.3 Å². The van der Waals surface area contributed by atoms with Crippen molar-refractivity contribution >= 4 is 40.0 Å². The van der Waals surface area contributed by atoms with Gasteiger partial charge in [-0.25, -0.2) is 0 Å². The van der Waals surface area contributed by atoms with E-state index < -0.39 is 6.61 Å². The summed E-state index contributed by atoms with van der Waals surface area (Å²) in [6, 6.07) is 4.77. The molecular formula is C10H8ClF2IO2. The van der Waals surface area contributed by atoms with Gasteiger partial charge in [-0.3, -0.25) is 4.79 Å². The quantitative estimate of drug-likeness (QED) is 0.595. The highest BCUT2D eigenvalue weighted by Crippen LogP contribution is 2.24. The van der Waals surface area contributed by atoms with Crippen LogP contribution in [-0.4, -0.2) is 18.3 Å². The maximum Gasteiger partial charge on any atom is 0.387 e. The third-order valence-corrected chi connectivity index (χ3v) is 2.75. The molecule has 6 heteroatoms. The lowest BCUT2D eigenvalue weighted by molar-refractivity contribution is -0.116. The second-order valence-electron chi connectivity index (χ2n) is 2.98. The van der Waals surface area contributed by atoms with Crippen LogP contribution in [0.15, 0.2) is 18.2 Å². The summed E-state index contributed by atoms with van der Waals surface area (Å²) < 4.78 is 29.3. The summed E-state index contributed by atoms with van der Waals surface area (Å²) >= 11 is 7.33. The van der Waals surface area contributed by atoms with Crippen molar-refractivity contribution in [2.75, 3.05) is 5.88 Å². The Hall–Kier alpha value is -0.430. The highest BCUT2D eigenvalue weighted by Gasteiger charge is 2.12. The SMILES string of the molecule is O=C(CCl)Cc1ccc(I)cc1OC(F)F. The van der Waals surface area contributed by atoms with Gasteiger partial charge in [-0.15, -0.1) is 11.6 Å². The van der Waals surface area contributed by atoms with Gasteiger partial charge in [0.2, 0.25) is 0 Å². The van der Waals surface area contributed by atoms with Gasteiger partial charge in [0.1, 0.15) is 5.75 Å². The zero-order valence-electron chi connectivity index (χ0n) is 8.05. The van der Waals surface area contributed by atoms with Crippen LogP contribution >= 0.6 is 34.2 Å². The van der Waals surface area contributed by atoms with Crippen LogP contribution in [0.4, 0.5) is 8.78 Å². The molecule has 0 saturated carbocycles. The number of benzene rings is 1. The number of hydrogen-bond acceptors (Lipinski definition) is 2. The summed E-state index contributed by atoms with van der Waals surface area (Å²) in [5, 5.41) is 0. The van der Waals surface area contributed by atoms with Crippen LogP contribution in [0.2, 0.25) is 0 Å². The van der Waals surface area contributed by atoms with Gasteiger partial charge in [0.05, 0.1) is 5.88 Å². The van der Waals surface area contributed by atoms with Crippen molar-refractivity contribution in [3.63, 3.8) is 0 Å². The van der Waals surface area contributed by atoms with Gasteiger partial charge < -0.3 is 4.74 Å². The molecule has 0 heterocycles. The van der Waals surface area contributed by atoms with Crippen molar-refractivity contribution in [1.29, 1.82) is 0 Å². The Morgan fingerprint density at radius 3 is 2.75 bits per heavy atom. The van der Waals surface area contributed by atoms with Gasteiger partial charge in [0, 0.05) is 15.6 Å². The summed E-state index contributed by atoms with van der Waals surface area (Å²) in [5.74, 6) is -0.345. The minimum Gasteiger partial charge on any atom is -0.434 e. The van der Waals surface area contributed by atoms with E-state index in [-0.39, 0.29) is 23.8 Å². The maximum atomic E-state index is 12.1. The van der Waals surface area contributed by atoms with Crippen LogP contribution in [0, 0.1) is 3.57 Å². The van der Waals surface area contributed by atoms with E-state index in [1.807, 2.05) is 22.6 Å². The Labute approximate surface area is 110 Å². The average molecular weight is 361 g/mol. The summed E-state index contributed by atoms with van der Waals surface area (Å²) in [6.07, 6.45) is 0.00245. The summed E-state index contributed by atoms with van der Waals surface area (Å²) in [7, 11) is 0. The third-order valence-electron chi connectivity index (χ3n) is 1.78. The molecule has 0 aliphatic heterocycles. The van der Waals surface area contributed by atoms with E-state index in [2.05, 4.69) is 4.74 Å². The standard InChI is InChI=1S/C10H8ClF2IO2/c11-5-8(15)3-6-1-2-7(14)4-9(6)16-10(12)13/h1-2,4,10H,3,5H2. The lowest BCUT2D eigenvalue weighted by Gasteiger charge is -2.10. The van der Waals surface area contributed by atoms with E-state index in [1.165, 1.54) is 6.07 Å². The van der Waals surface area contributed by atoms with E-state index >= 15 is 0 Å². The van der Waals surface area contributed by atoms with Gasteiger partial charge in [-0.1, -0.05) is 6.07 Å². The first-order valence-corrected chi connectivity index (χ1v) is 5.95. The van der Waals surface area contributed by atoms with Crippen LogP contribution in [0.1, 0.15) is 5.56 Å². The number of halogens is 4. The highest BCUT2D eigenvalue weighted by atomic mass is 127. The Morgan fingerprint density at radius 2 is 2.19 bits per heavy atom. The molecule has 0 N–H and O–H groups in total. The largest absolute Gasteiger partial charge is 0.434 e. The van der Waals surface area contributed by atoms with Gasteiger partial charge in [0.15, 0.2) is 5.78 Å². The molecule has 0 fully saturated rings. The summed E-state index contributed by atoms with van der Waals surface area (Å²) in [5.41, 5.74) is 0.423. The molecule has 0 aromatic heterocycles. The van der Waals surface area contributed by atoms with Gasteiger partial charge >= 0.3 is 6.61 Å². The normalized spacial score (nSPS) is 10.6. The van der Waals surface area contributed by atoms with Crippen LogP contribution < -0.4 is 4.74 Å². The second-order valence-corrected chi connectivity index (χ2v) is 4.49. The lowest BCUT2D eigenvalue weighted by Crippen LogP contribution is -2.09. The van der Waals surface area contributed by atoms with Gasteiger partial charge in [-0.05, 0) is 34.7 Å². The molecule has 0 aliphatic carbocycles. The first-order valence-electron chi connectivity index (χ1n) is 4.34. The predicted octanol–water partition coefficient (Wildman–Crippen LogP) is 3.24. The molecule has 88 valence electrons. The van der Waals surface area contributed by atoms with E-state index in [9.17, 15) is 13.6 Å². The van der Waals surface area contributed by atoms with E-state index in [0.29, 0.717) is 5.56 Å². The first kappa shape index (κ1) is 13.6. The van der Waals surface area contributed by atoms with Crippen molar-refractivity contribution in [2.24, 2.45) is 0 Å². The molecule has 1 aromatic rings. The lowest BCUT2D eigenvalue weighted by atomic mass is 10.1. The van der Waals surface area contributed by atoms with E-state index in [0.717, 1.165) is 3.57 Å². The molecule has 0 unspecified atom stereocenters. The van der Waals surface area contributed by atoms with Crippen LogP contribution in [0.25, 0.3) is 0 Å². The number of hydrogen-bond donors (Lipinski definition) is 0. The fourth-order valence-electron chi connectivity index (χ4n) is 1.14. The molecule has 0 radical (unpaired) electrons. The molecule has 0 saturated heterocycles. The van der Waals surface area contributed by atoms with Crippen molar-refractivity contribution < 1.29 is 18.3 Å². The molecule has 0 atom stereocenters. The Balaban J connectivity index is 2.93. The molecule has 1 rings (SSSR count). The fourth-order valence-corrected chi connectivity index (χ4v) is 1.70. The van der Waals surface area contributed by atoms with Crippen molar-refractivity contribution in [3.8, 4) is 5.75 Å². The van der Waals surface area contributed by atoms with Crippen LogP contribution in [0.5, 0.6) is 5.75 Å². The number of ether oxygens (including phenoxy) is 1. The molecular weight excluding hydrogens is 352 g/mol. The van der Waals surface area contributed by atoms with Gasteiger partial charge in [-0.2, -0.15) is 8.78 Å². The van der Waals surface area contributed by atoms with Crippen molar-refractivity contribution in [2.45, 2.75) is 13.0 Å². The van der Waals surface area contributed by atoms with Gasteiger partial charge in [0.25, 0.3) is 0 Å². The highest BCUT2D eigenvalue weighted by molar-refractivity contribution is 14.1. The molecule has 0 spiro atoms. The number of rotatable bonds is 5. The van der Waals surface area contributed by atoms with Crippen LogP contribution in [0.3, 0.4) is 0 Å². The Kier molecular flexibility index (Phi) is 5.40. The maximum absolute atomic E-state index is 12.1. The molecule has 16 heavy (non-hydrogen) atoms. The number of carbonyl (C=O) groups excluding carboxylic acids is 1. The number of carbonyl (C=O) groups is 1. The van der Waals surface area contributed by atoms with E-state index in [1.54, 1.807) is 12.1 Å². The zero-order chi connectivity index (χ0) is 12.1. The zero-order valence-corrected chi connectivity index (χ0v) is 11.0. The molecule has 0 amide bonds. The summed E-state index contributed by atoms with van der Waals surface area (Å²) in [6.45, 7) is -2.90. The van der Waals surface area contributed by atoms with Crippen molar-refractivity contribution in [1.82, 2.24) is 0 Å². The number of alkyl halides is 3. The Morgan fingerprint density at radius 1 is 1.50 bits per heavy atom. The monoisotopic (exact) mass is 360 g/mol. The third kappa shape index (κ3) is 4.21. The average Bonchev–Trinajstić information content (AvgIpc) is 2.21. The fraction of sp³-hybridized carbons (Fsp3) is 0.300. The topological polar surface area (TPSA) is 26.3 Å². The number of Topliss-reactive ketones (excluding diaryl/α,β-unsaturated/α-hetero) is 1. The molecule has 1 aromatic carbocycles. The minimum atomic E-state index is -2.90. The first-order chi connectivity index (χ1) is 7.52.